The first-order valence-electron chi connectivity index (χ1n) is 9.56. The van der Waals surface area contributed by atoms with Crippen LogP contribution in [0.3, 0.4) is 0 Å². The molecule has 27 heavy (non-hydrogen) atoms. The van der Waals surface area contributed by atoms with Crippen LogP contribution in [0.5, 0.6) is 5.75 Å². The van der Waals surface area contributed by atoms with Crippen LogP contribution in [0.2, 0.25) is 0 Å². The van der Waals surface area contributed by atoms with Crippen LogP contribution in [-0.2, 0) is 11.3 Å². The summed E-state index contributed by atoms with van der Waals surface area (Å²) in [5.74, 6) is 2.72. The molecule has 0 radical (unpaired) electrons. The summed E-state index contributed by atoms with van der Waals surface area (Å²) in [4.78, 5) is 14.5. The molecule has 2 heterocycles. The summed E-state index contributed by atoms with van der Waals surface area (Å²) in [6.07, 6.45) is 3.45. The Morgan fingerprint density at radius 2 is 1.85 bits per heavy atom. The van der Waals surface area contributed by atoms with Gasteiger partial charge in [-0.25, -0.2) is 0 Å². The van der Waals surface area contributed by atoms with Crippen molar-refractivity contribution in [3.63, 3.8) is 0 Å². The monoisotopic (exact) mass is 388 g/mol. The molecule has 6 nitrogen and oxygen atoms in total. The van der Waals surface area contributed by atoms with Crippen molar-refractivity contribution >= 4 is 17.7 Å². The fourth-order valence-corrected chi connectivity index (χ4v) is 4.09. The fraction of sp³-hybridized carbons (Fsp3) is 0.550. The number of amides is 1. The van der Waals surface area contributed by atoms with E-state index >= 15 is 0 Å². The van der Waals surface area contributed by atoms with E-state index in [1.807, 2.05) is 29.2 Å². The molecule has 1 amide bonds. The second-order valence-electron chi connectivity index (χ2n) is 7.27. The van der Waals surface area contributed by atoms with Crippen LogP contribution in [0.15, 0.2) is 29.4 Å². The summed E-state index contributed by atoms with van der Waals surface area (Å²) in [6, 6.07) is 7.84. The number of aromatic nitrogens is 3. The molecular weight excluding hydrogens is 360 g/mol. The van der Waals surface area contributed by atoms with Crippen molar-refractivity contribution in [1.82, 2.24) is 19.7 Å². The molecule has 1 saturated heterocycles. The maximum absolute atomic E-state index is 12.5. The molecule has 146 valence electrons. The number of nitrogens with zero attached hydrogens (tertiary/aromatic N) is 4. The zero-order valence-corrected chi connectivity index (χ0v) is 17.2. The average molecular weight is 389 g/mol. The van der Waals surface area contributed by atoms with Gasteiger partial charge in [-0.05, 0) is 49.4 Å². The zero-order valence-electron chi connectivity index (χ0n) is 16.4. The SMILES string of the molecule is COc1ccc(-c2nnc(SCC(=O)N3CCCCC3)n2CC(C)C)cc1. The Hall–Kier alpha value is -2.02. The number of rotatable bonds is 7. The zero-order chi connectivity index (χ0) is 19.2. The van der Waals surface area contributed by atoms with Gasteiger partial charge in [0, 0.05) is 25.2 Å². The molecule has 1 aliphatic heterocycles. The minimum Gasteiger partial charge on any atom is -0.497 e. The van der Waals surface area contributed by atoms with E-state index in [-0.39, 0.29) is 5.91 Å². The van der Waals surface area contributed by atoms with Gasteiger partial charge >= 0.3 is 0 Å². The number of likely N-dealkylation sites (tertiary alicyclic amines) is 1. The van der Waals surface area contributed by atoms with E-state index in [4.69, 9.17) is 4.74 Å². The molecule has 1 aromatic carbocycles. The fourth-order valence-electron chi connectivity index (χ4n) is 3.24. The van der Waals surface area contributed by atoms with Crippen LogP contribution in [0.4, 0.5) is 0 Å². The molecule has 2 aromatic rings. The van der Waals surface area contributed by atoms with Crippen molar-refractivity contribution < 1.29 is 9.53 Å². The molecular formula is C20H28N4O2S. The number of thioether (sulfide) groups is 1. The first-order valence-corrected chi connectivity index (χ1v) is 10.5. The Kier molecular flexibility index (Phi) is 6.77. The van der Waals surface area contributed by atoms with Crippen molar-refractivity contribution in [3.05, 3.63) is 24.3 Å². The maximum Gasteiger partial charge on any atom is 0.233 e. The van der Waals surface area contributed by atoms with E-state index in [1.165, 1.54) is 18.2 Å². The van der Waals surface area contributed by atoms with Gasteiger partial charge in [0.1, 0.15) is 5.75 Å². The summed E-state index contributed by atoms with van der Waals surface area (Å²) in [7, 11) is 1.66. The number of carbonyl (C=O) groups is 1. The molecule has 1 aromatic heterocycles. The summed E-state index contributed by atoms with van der Waals surface area (Å²) in [6.45, 7) is 6.93. The smallest absolute Gasteiger partial charge is 0.233 e. The van der Waals surface area contributed by atoms with Crippen molar-refractivity contribution in [3.8, 4) is 17.1 Å². The highest BCUT2D eigenvalue weighted by Crippen LogP contribution is 2.27. The molecule has 1 aliphatic rings. The standard InChI is InChI=1S/C20H28N4O2S/c1-15(2)13-24-19(16-7-9-17(26-3)10-8-16)21-22-20(24)27-14-18(25)23-11-5-4-6-12-23/h7-10,15H,4-6,11-14H2,1-3H3. The molecule has 0 atom stereocenters. The molecule has 0 bridgehead atoms. The minimum absolute atomic E-state index is 0.199. The van der Waals surface area contributed by atoms with Crippen LogP contribution >= 0.6 is 11.8 Å². The van der Waals surface area contributed by atoms with E-state index in [0.717, 1.165) is 54.8 Å². The summed E-state index contributed by atoms with van der Waals surface area (Å²) in [5.41, 5.74) is 0.998. The second kappa shape index (κ2) is 9.26. The molecule has 1 fully saturated rings. The predicted molar refractivity (Wildman–Crippen MR) is 108 cm³/mol. The van der Waals surface area contributed by atoms with E-state index in [9.17, 15) is 4.79 Å². The van der Waals surface area contributed by atoms with Gasteiger partial charge in [0.05, 0.1) is 12.9 Å². The van der Waals surface area contributed by atoms with E-state index in [2.05, 4.69) is 28.6 Å². The lowest BCUT2D eigenvalue weighted by molar-refractivity contribution is -0.129. The third-order valence-electron chi connectivity index (χ3n) is 4.65. The Balaban J connectivity index is 1.76. The van der Waals surface area contributed by atoms with Crippen molar-refractivity contribution in [2.75, 3.05) is 26.0 Å². The topological polar surface area (TPSA) is 60.3 Å². The lowest BCUT2D eigenvalue weighted by atomic mass is 10.1. The maximum atomic E-state index is 12.5. The largest absolute Gasteiger partial charge is 0.497 e. The highest BCUT2D eigenvalue weighted by atomic mass is 32.2. The van der Waals surface area contributed by atoms with Gasteiger partial charge in [-0.1, -0.05) is 25.6 Å². The van der Waals surface area contributed by atoms with Crippen LogP contribution in [0.1, 0.15) is 33.1 Å². The molecule has 3 rings (SSSR count). The summed E-state index contributed by atoms with van der Waals surface area (Å²) < 4.78 is 7.36. The Morgan fingerprint density at radius 3 is 2.48 bits per heavy atom. The quantitative estimate of drug-likeness (QED) is 0.677. The second-order valence-corrected chi connectivity index (χ2v) is 8.21. The average Bonchev–Trinajstić information content (AvgIpc) is 3.08. The first kappa shape index (κ1) is 19.7. The molecule has 0 spiro atoms. The summed E-state index contributed by atoms with van der Waals surface area (Å²) in [5, 5.41) is 9.60. The third-order valence-corrected chi connectivity index (χ3v) is 5.60. The van der Waals surface area contributed by atoms with Crippen LogP contribution in [-0.4, -0.2) is 51.5 Å². The Labute approximate surface area is 165 Å². The number of methoxy groups -OCH3 is 1. The van der Waals surface area contributed by atoms with Crippen LogP contribution in [0.25, 0.3) is 11.4 Å². The van der Waals surface area contributed by atoms with Gasteiger partial charge in [-0.3, -0.25) is 4.79 Å². The molecule has 7 heteroatoms. The minimum atomic E-state index is 0.199. The lowest BCUT2D eigenvalue weighted by Gasteiger charge is -2.26. The number of piperidine rings is 1. The Bertz CT molecular complexity index is 752. The number of benzene rings is 1. The first-order chi connectivity index (χ1) is 13.1. The number of carbonyl (C=O) groups excluding carboxylic acids is 1. The summed E-state index contributed by atoms with van der Waals surface area (Å²) >= 11 is 1.49. The third kappa shape index (κ3) is 5.03. The predicted octanol–water partition coefficient (Wildman–Crippen LogP) is 3.71. The lowest BCUT2D eigenvalue weighted by Crippen LogP contribution is -2.36. The molecule has 0 saturated carbocycles. The Morgan fingerprint density at radius 1 is 1.15 bits per heavy atom. The highest BCUT2D eigenvalue weighted by molar-refractivity contribution is 7.99. The van der Waals surface area contributed by atoms with E-state index in [0.29, 0.717) is 11.7 Å². The van der Waals surface area contributed by atoms with E-state index in [1.54, 1.807) is 7.11 Å². The van der Waals surface area contributed by atoms with E-state index < -0.39 is 0 Å². The van der Waals surface area contributed by atoms with Gasteiger partial charge in [-0.15, -0.1) is 10.2 Å². The number of hydrogen-bond donors (Lipinski definition) is 0. The van der Waals surface area contributed by atoms with Crippen LogP contribution in [0, 0.1) is 5.92 Å². The molecule has 0 unspecified atom stereocenters. The van der Waals surface area contributed by atoms with Crippen molar-refractivity contribution in [1.29, 1.82) is 0 Å². The molecule has 0 aliphatic carbocycles. The van der Waals surface area contributed by atoms with Crippen molar-refractivity contribution in [2.24, 2.45) is 5.92 Å². The number of ether oxygens (including phenoxy) is 1. The molecule has 0 N–H and O–H groups in total. The highest BCUT2D eigenvalue weighted by Gasteiger charge is 2.20. The number of hydrogen-bond acceptors (Lipinski definition) is 5. The van der Waals surface area contributed by atoms with Gasteiger partial charge in [0.15, 0.2) is 11.0 Å². The van der Waals surface area contributed by atoms with Gasteiger partial charge < -0.3 is 14.2 Å². The van der Waals surface area contributed by atoms with Gasteiger partial charge in [0.25, 0.3) is 0 Å². The normalized spacial score (nSPS) is 14.6. The van der Waals surface area contributed by atoms with Gasteiger partial charge in [0.2, 0.25) is 5.91 Å². The van der Waals surface area contributed by atoms with Crippen LogP contribution < -0.4 is 4.74 Å². The van der Waals surface area contributed by atoms with Gasteiger partial charge in [-0.2, -0.15) is 0 Å². The van der Waals surface area contributed by atoms with Crippen molar-refractivity contribution in [2.45, 2.75) is 44.8 Å².